The molecule has 0 aliphatic carbocycles. The molecular formula is C21H26N4O2S. The average molecular weight is 399 g/mol. The van der Waals surface area contributed by atoms with Crippen LogP contribution in [0.15, 0.2) is 47.4 Å². The maximum Gasteiger partial charge on any atom is 0.243 e. The number of anilines is 1. The number of fused-ring (bicyclic) bond motifs is 2. The Labute approximate surface area is 166 Å². The lowest BCUT2D eigenvalue weighted by Gasteiger charge is -2.23. The van der Waals surface area contributed by atoms with Crippen LogP contribution in [0.4, 0.5) is 5.69 Å². The minimum atomic E-state index is -3.48. The molecule has 0 spiro atoms. The minimum absolute atomic E-state index is 0.304. The predicted octanol–water partition coefficient (Wildman–Crippen LogP) is 3.54. The molecule has 148 valence electrons. The Morgan fingerprint density at radius 3 is 2.68 bits per heavy atom. The van der Waals surface area contributed by atoms with E-state index in [4.69, 9.17) is 0 Å². The molecule has 2 aromatic carbocycles. The van der Waals surface area contributed by atoms with E-state index in [1.165, 1.54) is 15.6 Å². The summed E-state index contributed by atoms with van der Waals surface area (Å²) in [7, 11) is -3.48. The molecule has 0 saturated carbocycles. The van der Waals surface area contributed by atoms with Crippen LogP contribution in [0.5, 0.6) is 0 Å². The number of H-pyrrole nitrogens is 1. The third-order valence-electron chi connectivity index (χ3n) is 5.51. The first-order valence-electron chi connectivity index (χ1n) is 9.77. The summed E-state index contributed by atoms with van der Waals surface area (Å²) in [6, 6.07) is 14.0. The van der Waals surface area contributed by atoms with Crippen LogP contribution in [0.25, 0.3) is 11.0 Å². The SMILES string of the molecule is CCN(CC)S(=O)(=O)c1ccc2nc(CN3c4ccccc4CC3C)[nH]c2c1. The Morgan fingerprint density at radius 1 is 1.18 bits per heavy atom. The molecule has 0 amide bonds. The Bertz CT molecular complexity index is 1100. The molecule has 6 nitrogen and oxygen atoms in total. The number of hydrogen-bond donors (Lipinski definition) is 1. The number of para-hydroxylation sites is 1. The van der Waals surface area contributed by atoms with E-state index < -0.39 is 10.0 Å². The van der Waals surface area contributed by atoms with Gasteiger partial charge in [-0.15, -0.1) is 0 Å². The van der Waals surface area contributed by atoms with Gasteiger partial charge in [-0.2, -0.15) is 4.31 Å². The number of benzene rings is 2. The Hall–Kier alpha value is -2.38. The maximum absolute atomic E-state index is 12.8. The van der Waals surface area contributed by atoms with E-state index in [1.807, 2.05) is 13.8 Å². The van der Waals surface area contributed by atoms with Gasteiger partial charge in [-0.3, -0.25) is 0 Å². The van der Waals surface area contributed by atoms with Gasteiger partial charge in [0.1, 0.15) is 5.82 Å². The van der Waals surface area contributed by atoms with Crippen LogP contribution in [0.2, 0.25) is 0 Å². The van der Waals surface area contributed by atoms with Crippen LogP contribution in [0.3, 0.4) is 0 Å². The number of imidazole rings is 1. The standard InChI is InChI=1S/C21H26N4O2S/c1-4-24(5-2)28(26,27)17-10-11-18-19(13-17)23-21(22-18)14-25-15(3)12-16-8-6-7-9-20(16)25/h6-11,13,15H,4-5,12,14H2,1-3H3,(H,22,23). The molecule has 0 bridgehead atoms. The summed E-state index contributed by atoms with van der Waals surface area (Å²) < 4.78 is 27.0. The van der Waals surface area contributed by atoms with Crippen LogP contribution in [0.1, 0.15) is 32.2 Å². The number of rotatable bonds is 6. The van der Waals surface area contributed by atoms with Crippen molar-refractivity contribution < 1.29 is 8.42 Å². The Balaban J connectivity index is 1.64. The first-order chi connectivity index (χ1) is 13.4. The van der Waals surface area contributed by atoms with Crippen molar-refractivity contribution in [2.45, 2.75) is 44.7 Å². The monoisotopic (exact) mass is 398 g/mol. The van der Waals surface area contributed by atoms with E-state index in [-0.39, 0.29) is 0 Å². The van der Waals surface area contributed by atoms with Gasteiger partial charge in [-0.1, -0.05) is 32.0 Å². The van der Waals surface area contributed by atoms with Crippen LogP contribution < -0.4 is 4.90 Å². The van der Waals surface area contributed by atoms with Crippen molar-refractivity contribution in [2.75, 3.05) is 18.0 Å². The van der Waals surface area contributed by atoms with Gasteiger partial charge in [0.05, 0.1) is 22.5 Å². The van der Waals surface area contributed by atoms with E-state index in [0.717, 1.165) is 23.3 Å². The lowest BCUT2D eigenvalue weighted by atomic mass is 10.1. The van der Waals surface area contributed by atoms with Gasteiger partial charge in [-0.05, 0) is 43.2 Å². The molecule has 1 aliphatic heterocycles. The molecule has 3 aromatic rings. The second kappa shape index (κ2) is 7.22. The Kier molecular flexibility index (Phi) is 4.89. The van der Waals surface area contributed by atoms with Crippen LogP contribution in [-0.4, -0.2) is 41.8 Å². The van der Waals surface area contributed by atoms with Crippen LogP contribution in [-0.2, 0) is 23.0 Å². The molecule has 1 atom stereocenters. The van der Waals surface area contributed by atoms with Crippen molar-refractivity contribution in [3.63, 3.8) is 0 Å². The fraction of sp³-hybridized carbons (Fsp3) is 0.381. The fourth-order valence-corrected chi connectivity index (χ4v) is 5.51. The molecule has 28 heavy (non-hydrogen) atoms. The highest BCUT2D eigenvalue weighted by molar-refractivity contribution is 7.89. The number of aromatic nitrogens is 2. The highest BCUT2D eigenvalue weighted by Gasteiger charge is 2.26. The van der Waals surface area contributed by atoms with Gasteiger partial charge in [0, 0.05) is 24.8 Å². The van der Waals surface area contributed by atoms with Crippen molar-refractivity contribution in [2.24, 2.45) is 0 Å². The van der Waals surface area contributed by atoms with E-state index in [1.54, 1.807) is 18.2 Å². The molecule has 7 heteroatoms. The summed E-state index contributed by atoms with van der Waals surface area (Å²) in [5.41, 5.74) is 4.15. The largest absolute Gasteiger partial charge is 0.361 e. The van der Waals surface area contributed by atoms with Crippen LogP contribution >= 0.6 is 0 Å². The van der Waals surface area contributed by atoms with Gasteiger partial charge in [-0.25, -0.2) is 13.4 Å². The summed E-state index contributed by atoms with van der Waals surface area (Å²) in [6.07, 6.45) is 1.03. The zero-order valence-electron chi connectivity index (χ0n) is 16.5. The first kappa shape index (κ1) is 19.0. The summed E-state index contributed by atoms with van der Waals surface area (Å²) in [5.74, 6) is 0.843. The molecule has 1 N–H and O–H groups in total. The highest BCUT2D eigenvalue weighted by Crippen LogP contribution is 2.33. The normalized spacial score (nSPS) is 16.9. The van der Waals surface area contributed by atoms with Crippen molar-refractivity contribution in [3.8, 4) is 0 Å². The lowest BCUT2D eigenvalue weighted by molar-refractivity contribution is 0.445. The molecule has 1 aliphatic rings. The van der Waals surface area contributed by atoms with Crippen molar-refractivity contribution >= 4 is 26.7 Å². The fourth-order valence-electron chi connectivity index (χ4n) is 4.02. The lowest BCUT2D eigenvalue weighted by Crippen LogP contribution is -2.30. The molecule has 1 unspecified atom stereocenters. The van der Waals surface area contributed by atoms with Gasteiger partial charge < -0.3 is 9.88 Å². The molecule has 2 heterocycles. The third kappa shape index (κ3) is 3.18. The van der Waals surface area contributed by atoms with Gasteiger partial charge >= 0.3 is 0 Å². The number of nitrogens with one attached hydrogen (secondary N) is 1. The first-order valence-corrected chi connectivity index (χ1v) is 11.2. The molecule has 0 saturated heterocycles. The summed E-state index contributed by atoms with van der Waals surface area (Å²) in [5, 5.41) is 0. The van der Waals surface area contributed by atoms with Crippen molar-refractivity contribution in [1.82, 2.24) is 14.3 Å². The zero-order valence-corrected chi connectivity index (χ0v) is 17.3. The molecule has 0 fully saturated rings. The van der Waals surface area contributed by atoms with Crippen molar-refractivity contribution in [3.05, 3.63) is 53.9 Å². The van der Waals surface area contributed by atoms with Gasteiger partial charge in [0.25, 0.3) is 0 Å². The number of nitrogens with zero attached hydrogens (tertiary/aromatic N) is 3. The van der Waals surface area contributed by atoms with Crippen molar-refractivity contribution in [1.29, 1.82) is 0 Å². The van der Waals surface area contributed by atoms with E-state index in [9.17, 15) is 8.42 Å². The Morgan fingerprint density at radius 2 is 1.93 bits per heavy atom. The van der Waals surface area contributed by atoms with E-state index >= 15 is 0 Å². The average Bonchev–Trinajstić information content (AvgIpc) is 3.22. The molecule has 1 aromatic heterocycles. The number of sulfonamides is 1. The molecular weight excluding hydrogens is 372 g/mol. The summed E-state index contributed by atoms with van der Waals surface area (Å²) >= 11 is 0. The zero-order chi connectivity index (χ0) is 19.9. The second-order valence-electron chi connectivity index (χ2n) is 7.26. The number of hydrogen-bond acceptors (Lipinski definition) is 4. The highest BCUT2D eigenvalue weighted by atomic mass is 32.2. The predicted molar refractivity (Wildman–Crippen MR) is 112 cm³/mol. The number of aromatic amines is 1. The second-order valence-corrected chi connectivity index (χ2v) is 9.20. The molecule has 4 rings (SSSR count). The topological polar surface area (TPSA) is 69.3 Å². The van der Waals surface area contributed by atoms with E-state index in [0.29, 0.717) is 30.6 Å². The maximum atomic E-state index is 12.8. The van der Waals surface area contributed by atoms with Gasteiger partial charge in [0.15, 0.2) is 0 Å². The minimum Gasteiger partial charge on any atom is -0.361 e. The quantitative estimate of drug-likeness (QED) is 0.689. The molecule has 0 radical (unpaired) electrons. The summed E-state index contributed by atoms with van der Waals surface area (Å²) in [4.78, 5) is 10.7. The third-order valence-corrected chi connectivity index (χ3v) is 7.56. The van der Waals surface area contributed by atoms with Gasteiger partial charge in [0.2, 0.25) is 10.0 Å². The van der Waals surface area contributed by atoms with E-state index in [2.05, 4.69) is 46.1 Å². The van der Waals surface area contributed by atoms with Crippen LogP contribution in [0, 0.1) is 0 Å². The smallest absolute Gasteiger partial charge is 0.243 e. The summed E-state index contributed by atoms with van der Waals surface area (Å²) in [6.45, 7) is 7.50.